The minimum absolute atomic E-state index is 0.0670. The lowest BCUT2D eigenvalue weighted by molar-refractivity contribution is -0.143. The number of carbonyl (C=O) groups is 2. The van der Waals surface area contributed by atoms with Crippen LogP contribution in [0.15, 0.2) is 23.2 Å². The van der Waals surface area contributed by atoms with Crippen molar-refractivity contribution in [2.45, 2.75) is 46.6 Å². The number of esters is 1. The highest BCUT2D eigenvalue weighted by atomic mass is 32.1. The number of hydrogen-bond donors (Lipinski definition) is 0. The van der Waals surface area contributed by atoms with Crippen LogP contribution in [0.25, 0.3) is 10.2 Å². The van der Waals surface area contributed by atoms with Crippen molar-refractivity contribution in [1.82, 2.24) is 4.57 Å². The number of hydrogen-bond acceptors (Lipinski definition) is 4. The number of benzene rings is 1. The van der Waals surface area contributed by atoms with Gasteiger partial charge in [-0.25, -0.2) is 0 Å². The standard InChI is InChI=1S/C17H22N2O3S/c1-4-7-15(20)18-17-19(11-16(21)22-6-3)13-9-8-12(5-2)10-14(13)23-17/h8-10H,4-7,11H2,1-3H3. The molecule has 0 fully saturated rings. The first kappa shape index (κ1) is 17.4. The quantitative estimate of drug-likeness (QED) is 0.763. The van der Waals surface area contributed by atoms with E-state index in [0.717, 1.165) is 23.1 Å². The zero-order valence-electron chi connectivity index (χ0n) is 13.8. The third kappa shape index (κ3) is 4.28. The molecule has 0 aliphatic rings. The van der Waals surface area contributed by atoms with Gasteiger partial charge in [0.05, 0.1) is 16.8 Å². The molecule has 0 spiro atoms. The van der Waals surface area contributed by atoms with E-state index in [1.807, 2.05) is 19.1 Å². The molecule has 23 heavy (non-hydrogen) atoms. The molecule has 0 saturated heterocycles. The topological polar surface area (TPSA) is 60.7 Å². The van der Waals surface area contributed by atoms with E-state index in [-0.39, 0.29) is 18.4 Å². The van der Waals surface area contributed by atoms with Gasteiger partial charge < -0.3 is 9.30 Å². The lowest BCUT2D eigenvalue weighted by Gasteiger charge is -2.05. The normalized spacial score (nSPS) is 11.9. The number of aryl methyl sites for hydroxylation is 1. The summed E-state index contributed by atoms with van der Waals surface area (Å²) in [4.78, 5) is 28.5. The van der Waals surface area contributed by atoms with Crippen molar-refractivity contribution in [2.24, 2.45) is 4.99 Å². The van der Waals surface area contributed by atoms with Gasteiger partial charge in [0.15, 0.2) is 4.80 Å². The molecule has 1 heterocycles. The molecule has 0 bridgehead atoms. The van der Waals surface area contributed by atoms with Crippen LogP contribution in [-0.4, -0.2) is 23.1 Å². The lowest BCUT2D eigenvalue weighted by atomic mass is 10.2. The molecule has 1 aromatic heterocycles. The maximum atomic E-state index is 11.9. The van der Waals surface area contributed by atoms with Crippen LogP contribution in [0.5, 0.6) is 0 Å². The molecule has 2 rings (SSSR count). The highest BCUT2D eigenvalue weighted by molar-refractivity contribution is 7.16. The summed E-state index contributed by atoms with van der Waals surface area (Å²) in [6, 6.07) is 6.10. The monoisotopic (exact) mass is 334 g/mol. The average molecular weight is 334 g/mol. The first-order valence-corrected chi connectivity index (χ1v) is 8.76. The predicted molar refractivity (Wildman–Crippen MR) is 91.3 cm³/mol. The lowest BCUT2D eigenvalue weighted by Crippen LogP contribution is -2.23. The van der Waals surface area contributed by atoms with Crippen LogP contribution in [0.4, 0.5) is 0 Å². The Morgan fingerprint density at radius 1 is 1.26 bits per heavy atom. The Bertz CT molecular complexity index is 774. The van der Waals surface area contributed by atoms with E-state index in [1.165, 1.54) is 16.9 Å². The fourth-order valence-electron chi connectivity index (χ4n) is 2.29. The van der Waals surface area contributed by atoms with Crippen molar-refractivity contribution in [3.8, 4) is 0 Å². The first-order chi connectivity index (χ1) is 11.1. The fraction of sp³-hybridized carbons (Fsp3) is 0.471. The maximum Gasteiger partial charge on any atom is 0.326 e. The smallest absolute Gasteiger partial charge is 0.326 e. The second-order valence-electron chi connectivity index (χ2n) is 5.19. The van der Waals surface area contributed by atoms with E-state index in [4.69, 9.17) is 4.74 Å². The third-order valence-electron chi connectivity index (χ3n) is 3.43. The summed E-state index contributed by atoms with van der Waals surface area (Å²) in [6.45, 7) is 6.22. The van der Waals surface area contributed by atoms with Crippen molar-refractivity contribution in [1.29, 1.82) is 0 Å². The molecule has 0 atom stereocenters. The van der Waals surface area contributed by atoms with Gasteiger partial charge in [0.1, 0.15) is 6.54 Å². The molecule has 1 aromatic carbocycles. The number of rotatable bonds is 6. The van der Waals surface area contributed by atoms with E-state index in [9.17, 15) is 9.59 Å². The molecule has 2 aromatic rings. The van der Waals surface area contributed by atoms with Crippen LogP contribution in [0, 0.1) is 0 Å². The van der Waals surface area contributed by atoms with Gasteiger partial charge in [-0.15, -0.1) is 0 Å². The van der Waals surface area contributed by atoms with Gasteiger partial charge >= 0.3 is 5.97 Å². The van der Waals surface area contributed by atoms with Crippen molar-refractivity contribution in [3.05, 3.63) is 28.6 Å². The highest BCUT2D eigenvalue weighted by Crippen LogP contribution is 2.20. The van der Waals surface area contributed by atoms with Gasteiger partial charge in [0.25, 0.3) is 0 Å². The van der Waals surface area contributed by atoms with E-state index in [2.05, 4.69) is 18.0 Å². The van der Waals surface area contributed by atoms with Gasteiger partial charge in [0.2, 0.25) is 5.91 Å². The van der Waals surface area contributed by atoms with E-state index < -0.39 is 0 Å². The summed E-state index contributed by atoms with van der Waals surface area (Å²) >= 11 is 1.44. The van der Waals surface area contributed by atoms with Crippen LogP contribution < -0.4 is 4.80 Å². The summed E-state index contributed by atoms with van der Waals surface area (Å²) in [6.07, 6.45) is 2.10. The molecule has 0 N–H and O–H groups in total. The summed E-state index contributed by atoms with van der Waals surface area (Å²) in [5.41, 5.74) is 2.12. The zero-order valence-corrected chi connectivity index (χ0v) is 14.6. The van der Waals surface area contributed by atoms with E-state index in [0.29, 0.717) is 17.8 Å². The molecule has 1 amide bonds. The number of thiazole rings is 1. The first-order valence-electron chi connectivity index (χ1n) is 7.94. The molecule has 6 heteroatoms. The molecular formula is C17H22N2O3S. The predicted octanol–water partition coefficient (Wildman–Crippen LogP) is 3.06. The molecule has 0 aliphatic carbocycles. The van der Waals surface area contributed by atoms with Gasteiger partial charge in [-0.1, -0.05) is 31.3 Å². The van der Waals surface area contributed by atoms with Crippen molar-refractivity contribution in [2.75, 3.05) is 6.61 Å². The van der Waals surface area contributed by atoms with Crippen LogP contribution in [0.3, 0.4) is 0 Å². The average Bonchev–Trinajstić information content (AvgIpc) is 2.84. The number of amides is 1. The van der Waals surface area contributed by atoms with E-state index in [1.54, 1.807) is 11.5 Å². The Morgan fingerprint density at radius 3 is 2.70 bits per heavy atom. The number of ether oxygens (including phenoxy) is 1. The molecule has 5 nitrogen and oxygen atoms in total. The number of nitrogens with zero attached hydrogens (tertiary/aromatic N) is 2. The second kappa shape index (κ2) is 8.06. The number of fused-ring (bicyclic) bond motifs is 1. The summed E-state index contributed by atoms with van der Waals surface area (Å²) in [5.74, 6) is -0.483. The Morgan fingerprint density at radius 2 is 2.04 bits per heavy atom. The zero-order chi connectivity index (χ0) is 16.8. The van der Waals surface area contributed by atoms with Crippen LogP contribution in [-0.2, 0) is 27.3 Å². The summed E-state index contributed by atoms with van der Waals surface area (Å²) < 4.78 is 7.83. The van der Waals surface area contributed by atoms with Crippen LogP contribution >= 0.6 is 11.3 Å². The molecule has 0 radical (unpaired) electrons. The Labute approximate surface area is 139 Å². The van der Waals surface area contributed by atoms with Gasteiger partial charge in [-0.05, 0) is 37.5 Å². The van der Waals surface area contributed by atoms with Gasteiger partial charge in [-0.3, -0.25) is 9.59 Å². The fourth-order valence-corrected chi connectivity index (χ4v) is 3.40. The minimum atomic E-state index is -0.323. The molecule has 0 aliphatic heterocycles. The Kier molecular flexibility index (Phi) is 6.10. The van der Waals surface area contributed by atoms with Gasteiger partial charge in [0, 0.05) is 6.42 Å². The second-order valence-corrected chi connectivity index (χ2v) is 6.20. The number of carbonyl (C=O) groups excluding carboxylic acids is 2. The minimum Gasteiger partial charge on any atom is -0.465 e. The van der Waals surface area contributed by atoms with Crippen molar-refractivity contribution < 1.29 is 14.3 Å². The summed E-state index contributed by atoms with van der Waals surface area (Å²) in [7, 11) is 0. The molecule has 0 unspecified atom stereocenters. The largest absolute Gasteiger partial charge is 0.465 e. The SMILES string of the molecule is CCCC(=O)N=c1sc2cc(CC)ccc2n1CC(=O)OCC. The Balaban J connectivity index is 2.54. The van der Waals surface area contributed by atoms with E-state index >= 15 is 0 Å². The van der Waals surface area contributed by atoms with Gasteiger partial charge in [-0.2, -0.15) is 4.99 Å². The molecule has 124 valence electrons. The third-order valence-corrected chi connectivity index (χ3v) is 4.47. The summed E-state index contributed by atoms with van der Waals surface area (Å²) in [5, 5.41) is 0. The van der Waals surface area contributed by atoms with Crippen LogP contribution in [0.2, 0.25) is 0 Å². The molecular weight excluding hydrogens is 312 g/mol. The van der Waals surface area contributed by atoms with Crippen molar-refractivity contribution in [3.63, 3.8) is 0 Å². The Hall–Kier alpha value is -1.95. The number of aromatic nitrogens is 1. The maximum absolute atomic E-state index is 11.9. The highest BCUT2D eigenvalue weighted by Gasteiger charge is 2.12. The van der Waals surface area contributed by atoms with Crippen molar-refractivity contribution >= 4 is 33.4 Å². The van der Waals surface area contributed by atoms with Crippen LogP contribution in [0.1, 0.15) is 39.2 Å². The molecule has 0 saturated carbocycles.